The number of hydrogen-bond acceptors (Lipinski definition) is 12. The normalized spacial score (nSPS) is 18.7. The number of benzene rings is 4. The molecular weight excluding hydrogens is 899 g/mol. The number of amides is 2. The second kappa shape index (κ2) is 25.0. The van der Waals surface area contributed by atoms with Crippen molar-refractivity contribution >= 4 is 35.9 Å². The summed E-state index contributed by atoms with van der Waals surface area (Å²) in [5, 5.41) is 4.16. The van der Waals surface area contributed by atoms with Gasteiger partial charge in [0.15, 0.2) is 0 Å². The van der Waals surface area contributed by atoms with E-state index in [1.54, 1.807) is 20.8 Å². The van der Waals surface area contributed by atoms with Crippen molar-refractivity contribution in [2.45, 2.75) is 139 Å². The molecule has 4 aromatic rings. The fourth-order valence-corrected chi connectivity index (χ4v) is 10.0. The van der Waals surface area contributed by atoms with Crippen LogP contribution >= 0.6 is 11.8 Å². The summed E-state index contributed by atoms with van der Waals surface area (Å²) in [4.78, 5) is 62.6. The van der Waals surface area contributed by atoms with Gasteiger partial charge in [0.2, 0.25) is 0 Å². The maximum atomic E-state index is 14.5. The molecule has 0 radical (unpaired) electrons. The van der Waals surface area contributed by atoms with E-state index in [0.717, 1.165) is 32.7 Å². The molecule has 368 valence electrons. The molecule has 15 nitrogen and oxygen atoms in total. The zero-order valence-electron chi connectivity index (χ0n) is 40.6. The summed E-state index contributed by atoms with van der Waals surface area (Å²) in [6, 6.07) is 32.9. The average molecular weight is 964 g/mol. The topological polar surface area (TPSA) is 179 Å². The zero-order chi connectivity index (χ0) is 49.5. The number of carbonyl (C=O) groups excluding carboxylic acids is 4. The third-order valence-electron chi connectivity index (χ3n) is 12.3. The van der Waals surface area contributed by atoms with Gasteiger partial charge in [0.25, 0.3) is 0 Å². The lowest BCUT2D eigenvalue weighted by atomic mass is 9.97. The van der Waals surface area contributed by atoms with Crippen molar-refractivity contribution in [3.05, 3.63) is 136 Å². The molecule has 6 rings (SSSR count). The molecule has 0 unspecified atom stereocenters. The SMILES string of the molecule is CCC(CC)N(CC(=O)O[C@@H]1[C@@H](N=[N+]=[N-])[C@@H](Sc2ccccc2)O[C@H](COC(=O)CN(C(=O)OC(C)(C)C)C(CC)CC)[C@@H]1OCc1ccccc1)C(=O)OCC1c2ccccc2-c2ccccc21. The molecule has 0 bridgehead atoms. The summed E-state index contributed by atoms with van der Waals surface area (Å²) >= 11 is 1.24. The number of rotatable bonds is 21. The van der Waals surface area contributed by atoms with Crippen molar-refractivity contribution in [1.82, 2.24) is 9.80 Å². The molecule has 4 aromatic carbocycles. The quantitative estimate of drug-likeness (QED) is 0.0255. The molecule has 1 aliphatic heterocycles. The molecule has 1 fully saturated rings. The molecule has 0 spiro atoms. The van der Waals surface area contributed by atoms with Crippen molar-refractivity contribution in [1.29, 1.82) is 0 Å². The number of ether oxygens (including phenoxy) is 6. The van der Waals surface area contributed by atoms with Crippen molar-refractivity contribution in [2.75, 3.05) is 26.3 Å². The molecule has 0 saturated carbocycles. The van der Waals surface area contributed by atoms with Gasteiger partial charge in [-0.15, -0.1) is 0 Å². The first-order valence-corrected chi connectivity index (χ1v) is 24.7. The lowest BCUT2D eigenvalue weighted by molar-refractivity contribution is -0.211. The van der Waals surface area contributed by atoms with Gasteiger partial charge in [-0.1, -0.05) is 142 Å². The number of esters is 2. The lowest BCUT2D eigenvalue weighted by Crippen LogP contribution is -2.60. The van der Waals surface area contributed by atoms with E-state index in [4.69, 9.17) is 28.4 Å². The Labute approximate surface area is 409 Å². The summed E-state index contributed by atoms with van der Waals surface area (Å²) in [6.45, 7) is 11.8. The Morgan fingerprint density at radius 2 is 1.23 bits per heavy atom. The van der Waals surface area contributed by atoms with Crippen LogP contribution in [0.2, 0.25) is 0 Å². The van der Waals surface area contributed by atoms with Crippen molar-refractivity contribution < 1.29 is 47.6 Å². The van der Waals surface area contributed by atoms with Gasteiger partial charge >= 0.3 is 24.1 Å². The Balaban J connectivity index is 1.28. The maximum Gasteiger partial charge on any atom is 0.411 e. The Morgan fingerprint density at radius 1 is 0.696 bits per heavy atom. The molecule has 0 aromatic heterocycles. The van der Waals surface area contributed by atoms with E-state index in [-0.39, 0.29) is 37.8 Å². The minimum absolute atomic E-state index is 0.0214. The Hall–Kier alpha value is -6.06. The summed E-state index contributed by atoms with van der Waals surface area (Å²) < 4.78 is 37.3. The molecule has 5 atom stereocenters. The third kappa shape index (κ3) is 13.8. The highest BCUT2D eigenvalue weighted by Crippen LogP contribution is 2.45. The largest absolute Gasteiger partial charge is 0.461 e. The minimum atomic E-state index is -1.30. The molecule has 2 amide bonds. The van der Waals surface area contributed by atoms with E-state index in [1.807, 2.05) is 125 Å². The Morgan fingerprint density at radius 3 is 1.80 bits per heavy atom. The van der Waals surface area contributed by atoms with E-state index < -0.39 is 72.6 Å². The van der Waals surface area contributed by atoms with Crippen LogP contribution in [-0.2, 0) is 44.6 Å². The smallest absolute Gasteiger partial charge is 0.411 e. The van der Waals surface area contributed by atoms with E-state index in [2.05, 4.69) is 22.2 Å². The molecule has 1 heterocycles. The number of hydrogen-bond donors (Lipinski definition) is 0. The van der Waals surface area contributed by atoms with E-state index in [0.29, 0.717) is 25.7 Å². The average Bonchev–Trinajstić information content (AvgIpc) is 3.66. The van der Waals surface area contributed by atoms with Crippen LogP contribution in [0.5, 0.6) is 0 Å². The highest BCUT2D eigenvalue weighted by Gasteiger charge is 2.50. The van der Waals surface area contributed by atoms with E-state index in [9.17, 15) is 24.7 Å². The van der Waals surface area contributed by atoms with Crippen LogP contribution in [0.4, 0.5) is 9.59 Å². The first-order valence-electron chi connectivity index (χ1n) is 23.8. The lowest BCUT2D eigenvalue weighted by Gasteiger charge is -2.44. The van der Waals surface area contributed by atoms with Gasteiger partial charge in [-0.05, 0) is 91.9 Å². The highest BCUT2D eigenvalue weighted by molar-refractivity contribution is 7.99. The predicted molar refractivity (Wildman–Crippen MR) is 263 cm³/mol. The maximum absolute atomic E-state index is 14.5. The van der Waals surface area contributed by atoms with Crippen LogP contribution in [0.15, 0.2) is 119 Å². The molecule has 2 aliphatic rings. The first-order chi connectivity index (χ1) is 33.3. The number of thioether (sulfide) groups is 1. The van der Waals surface area contributed by atoms with Gasteiger partial charge in [0.05, 0.1) is 6.61 Å². The Bertz CT molecular complexity index is 2330. The van der Waals surface area contributed by atoms with Crippen molar-refractivity contribution in [2.24, 2.45) is 5.11 Å². The van der Waals surface area contributed by atoms with Crippen LogP contribution in [0.3, 0.4) is 0 Å². The van der Waals surface area contributed by atoms with E-state index >= 15 is 0 Å². The molecule has 1 saturated heterocycles. The van der Waals surface area contributed by atoms with E-state index in [1.165, 1.54) is 21.6 Å². The second-order valence-corrected chi connectivity index (χ2v) is 19.2. The van der Waals surface area contributed by atoms with Gasteiger partial charge in [-0.3, -0.25) is 19.4 Å². The summed E-state index contributed by atoms with van der Waals surface area (Å²) in [6.07, 6.45) is -2.65. The van der Waals surface area contributed by atoms with Crippen LogP contribution in [0.1, 0.15) is 96.8 Å². The molecule has 0 N–H and O–H groups in total. The zero-order valence-corrected chi connectivity index (χ0v) is 41.4. The Kier molecular flexibility index (Phi) is 18.9. The summed E-state index contributed by atoms with van der Waals surface area (Å²) in [7, 11) is 0. The van der Waals surface area contributed by atoms with Crippen molar-refractivity contribution in [3.8, 4) is 11.1 Å². The van der Waals surface area contributed by atoms with Gasteiger partial charge in [0.1, 0.15) is 61.7 Å². The van der Waals surface area contributed by atoms with Gasteiger partial charge in [-0.25, -0.2) is 9.59 Å². The standard InChI is InChI=1S/C53H65N5O10S/c1-8-36(9-2)57(51(61)65-33-43-41-28-20-18-26-39(41)40-27-19-21-29-42(40)43)31-46(60)67-49-47(55-56-54)50(69-38-24-16-13-17-25-38)66-44(48(49)64-32-35-22-14-12-15-23-35)34-63-45(59)30-58(37(10-3)11-4)52(62)68-53(5,6)7/h12-29,36-37,43-44,47-50H,8-11,30-34H2,1-7H3/t44-,47-,48+,49-,50-/m1/s1. The number of nitrogens with zero attached hydrogens (tertiary/aromatic N) is 5. The first kappa shape index (κ1) is 52.3. The van der Waals surface area contributed by atoms with Gasteiger partial charge in [0, 0.05) is 27.8 Å². The fourth-order valence-electron chi connectivity index (χ4n) is 8.87. The molecule has 16 heteroatoms. The van der Waals surface area contributed by atoms with Crippen LogP contribution < -0.4 is 0 Å². The van der Waals surface area contributed by atoms with Gasteiger partial charge < -0.3 is 28.4 Å². The van der Waals surface area contributed by atoms with Crippen molar-refractivity contribution in [3.63, 3.8) is 0 Å². The highest BCUT2D eigenvalue weighted by atomic mass is 32.2. The molecule has 69 heavy (non-hydrogen) atoms. The number of azide groups is 1. The van der Waals surface area contributed by atoms with Crippen LogP contribution in [0.25, 0.3) is 21.6 Å². The summed E-state index contributed by atoms with van der Waals surface area (Å²) in [5.41, 5.74) is 13.3. The number of carbonyl (C=O) groups is 4. The number of fused-ring (bicyclic) bond motifs is 3. The van der Waals surface area contributed by atoms with Gasteiger partial charge in [-0.2, -0.15) is 0 Å². The monoisotopic (exact) mass is 963 g/mol. The predicted octanol–water partition coefficient (Wildman–Crippen LogP) is 11.1. The fraction of sp³-hybridized carbons (Fsp3) is 0.472. The molecule has 1 aliphatic carbocycles. The molecular formula is C53H65N5O10S. The van der Waals surface area contributed by atoms with Crippen LogP contribution in [-0.4, -0.2) is 108 Å². The minimum Gasteiger partial charge on any atom is -0.461 e. The third-order valence-corrected chi connectivity index (χ3v) is 13.5. The van der Waals surface area contributed by atoms with Crippen LogP contribution in [0, 0.1) is 0 Å². The summed E-state index contributed by atoms with van der Waals surface area (Å²) in [5.74, 6) is -1.72. The second-order valence-electron chi connectivity index (χ2n) is 18.0.